The van der Waals surface area contributed by atoms with E-state index in [4.69, 9.17) is 4.74 Å². The Morgan fingerprint density at radius 2 is 2.03 bits per heavy atom. The molecule has 3 heterocycles. The molecule has 32 heavy (non-hydrogen) atoms. The first-order valence-electron chi connectivity index (χ1n) is 9.29. The number of aromatic amines is 1. The number of benzene rings is 1. The van der Waals surface area contributed by atoms with E-state index < -0.39 is 35.1 Å². The Morgan fingerprint density at radius 1 is 1.28 bits per heavy atom. The SMILES string of the molecule is Cn1cc(NC(=O)c2c(N3CC(Oc4cc(F)cc(C(F)(F)F)c4)C3)cc[nH]c2=O)nn1. The summed E-state index contributed by atoms with van der Waals surface area (Å²) in [4.78, 5) is 29.0. The van der Waals surface area contributed by atoms with Crippen LogP contribution in [-0.2, 0) is 13.2 Å². The number of amides is 1. The maximum Gasteiger partial charge on any atom is 0.416 e. The van der Waals surface area contributed by atoms with E-state index in [1.54, 1.807) is 11.9 Å². The third kappa shape index (κ3) is 4.40. The van der Waals surface area contributed by atoms with Crippen LogP contribution in [0.15, 0.2) is 41.5 Å². The third-order valence-corrected chi connectivity index (χ3v) is 4.70. The summed E-state index contributed by atoms with van der Waals surface area (Å²) in [5.41, 5.74) is -1.64. The molecule has 1 amide bonds. The molecule has 0 bridgehead atoms. The molecule has 2 aromatic heterocycles. The molecule has 0 spiro atoms. The lowest BCUT2D eigenvalue weighted by molar-refractivity contribution is -0.137. The zero-order chi connectivity index (χ0) is 23.0. The van der Waals surface area contributed by atoms with Gasteiger partial charge in [-0.25, -0.2) is 4.39 Å². The minimum Gasteiger partial charge on any atom is -0.487 e. The second kappa shape index (κ2) is 7.98. The van der Waals surface area contributed by atoms with Gasteiger partial charge in [0.15, 0.2) is 5.82 Å². The summed E-state index contributed by atoms with van der Waals surface area (Å²) in [5.74, 6) is -1.87. The fourth-order valence-electron chi connectivity index (χ4n) is 3.23. The summed E-state index contributed by atoms with van der Waals surface area (Å²) in [6.07, 6.45) is -2.45. The highest BCUT2D eigenvalue weighted by Gasteiger charge is 2.34. The zero-order valence-corrected chi connectivity index (χ0v) is 16.5. The highest BCUT2D eigenvalue weighted by molar-refractivity contribution is 6.07. The molecule has 0 radical (unpaired) electrons. The van der Waals surface area contributed by atoms with Crippen molar-refractivity contribution in [3.63, 3.8) is 0 Å². The number of carbonyl (C=O) groups is 1. The molecule has 0 aliphatic carbocycles. The summed E-state index contributed by atoms with van der Waals surface area (Å²) < 4.78 is 59.0. The number of pyridine rings is 1. The number of aromatic nitrogens is 4. The van der Waals surface area contributed by atoms with Gasteiger partial charge < -0.3 is 19.9 Å². The smallest absolute Gasteiger partial charge is 0.416 e. The van der Waals surface area contributed by atoms with Gasteiger partial charge in [-0.05, 0) is 18.2 Å². The normalized spacial score (nSPS) is 14.2. The van der Waals surface area contributed by atoms with Crippen molar-refractivity contribution in [2.45, 2.75) is 12.3 Å². The second-order valence-corrected chi connectivity index (χ2v) is 7.12. The summed E-state index contributed by atoms with van der Waals surface area (Å²) >= 11 is 0. The Bertz CT molecular complexity index is 1220. The number of hydrogen-bond acceptors (Lipinski definition) is 6. The van der Waals surface area contributed by atoms with E-state index in [1.807, 2.05) is 0 Å². The number of H-pyrrole nitrogens is 1. The number of carbonyl (C=O) groups excluding carboxylic acids is 1. The lowest BCUT2D eigenvalue weighted by atomic mass is 10.1. The van der Waals surface area contributed by atoms with Gasteiger partial charge in [0.2, 0.25) is 0 Å². The highest BCUT2D eigenvalue weighted by Crippen LogP contribution is 2.33. The maximum absolute atomic E-state index is 13.6. The molecule has 4 rings (SSSR count). The molecular formula is C19H16F4N6O3. The van der Waals surface area contributed by atoms with Gasteiger partial charge in [-0.1, -0.05) is 5.21 Å². The van der Waals surface area contributed by atoms with E-state index in [-0.39, 0.29) is 30.2 Å². The largest absolute Gasteiger partial charge is 0.487 e. The Morgan fingerprint density at radius 3 is 2.69 bits per heavy atom. The molecule has 0 atom stereocenters. The van der Waals surface area contributed by atoms with E-state index in [0.717, 1.165) is 12.1 Å². The van der Waals surface area contributed by atoms with Crippen molar-refractivity contribution < 1.29 is 27.1 Å². The first kappa shape index (κ1) is 21.3. The van der Waals surface area contributed by atoms with Crippen molar-refractivity contribution >= 4 is 17.4 Å². The zero-order valence-electron chi connectivity index (χ0n) is 16.5. The average molecular weight is 452 g/mol. The van der Waals surface area contributed by atoms with E-state index >= 15 is 0 Å². The van der Waals surface area contributed by atoms with Gasteiger partial charge >= 0.3 is 6.18 Å². The number of anilines is 2. The number of alkyl halides is 3. The minimum atomic E-state index is -4.71. The van der Waals surface area contributed by atoms with Gasteiger partial charge in [0.25, 0.3) is 11.5 Å². The summed E-state index contributed by atoms with van der Waals surface area (Å²) in [5, 5.41) is 9.91. The lowest BCUT2D eigenvalue weighted by Gasteiger charge is -2.41. The quantitative estimate of drug-likeness (QED) is 0.575. The molecule has 1 aromatic carbocycles. The fraction of sp³-hybridized carbons (Fsp3) is 0.263. The topological polar surface area (TPSA) is 105 Å². The van der Waals surface area contributed by atoms with Crippen LogP contribution in [0.5, 0.6) is 5.75 Å². The van der Waals surface area contributed by atoms with Crippen molar-refractivity contribution in [1.29, 1.82) is 0 Å². The lowest BCUT2D eigenvalue weighted by Crippen LogP contribution is -2.55. The molecular weight excluding hydrogens is 436 g/mol. The van der Waals surface area contributed by atoms with E-state index in [2.05, 4.69) is 20.6 Å². The third-order valence-electron chi connectivity index (χ3n) is 4.70. The van der Waals surface area contributed by atoms with Crippen LogP contribution >= 0.6 is 0 Å². The van der Waals surface area contributed by atoms with Crippen LogP contribution in [0.1, 0.15) is 15.9 Å². The molecule has 2 N–H and O–H groups in total. The van der Waals surface area contributed by atoms with Crippen molar-refractivity contribution in [1.82, 2.24) is 20.0 Å². The molecule has 13 heteroatoms. The molecule has 0 saturated carbocycles. The van der Waals surface area contributed by atoms with Crippen LogP contribution in [-0.4, -0.2) is 45.1 Å². The van der Waals surface area contributed by atoms with Crippen molar-refractivity contribution in [3.8, 4) is 5.75 Å². The number of nitrogens with zero attached hydrogens (tertiary/aromatic N) is 4. The molecule has 0 unspecified atom stereocenters. The molecule has 1 saturated heterocycles. The predicted octanol–water partition coefficient (Wildman–Crippen LogP) is 2.18. The average Bonchev–Trinajstić information content (AvgIpc) is 3.07. The van der Waals surface area contributed by atoms with Crippen LogP contribution in [0.25, 0.3) is 0 Å². The molecule has 9 nitrogen and oxygen atoms in total. The Balaban J connectivity index is 1.47. The van der Waals surface area contributed by atoms with Crippen LogP contribution in [0, 0.1) is 5.82 Å². The first-order chi connectivity index (χ1) is 15.1. The van der Waals surface area contributed by atoms with E-state index in [0.29, 0.717) is 11.8 Å². The fourth-order valence-corrected chi connectivity index (χ4v) is 3.23. The molecule has 3 aromatic rings. The van der Waals surface area contributed by atoms with Crippen molar-refractivity contribution in [3.05, 3.63) is 64.0 Å². The first-order valence-corrected chi connectivity index (χ1v) is 9.29. The number of nitrogens with one attached hydrogen (secondary N) is 2. The molecule has 168 valence electrons. The Hall–Kier alpha value is -3.90. The van der Waals surface area contributed by atoms with Gasteiger partial charge in [0.1, 0.15) is 23.2 Å². The Labute approximate surface area is 177 Å². The highest BCUT2D eigenvalue weighted by atomic mass is 19.4. The number of ether oxygens (including phenoxy) is 1. The number of halogens is 4. The standard InChI is InChI=1S/C19H16F4N6O3/c1-28-9-15(26-27-28)25-18(31)16-14(2-3-24-17(16)30)29-7-13(8-29)32-12-5-10(19(21,22)23)4-11(20)6-12/h2-6,9,13H,7-8H2,1H3,(H,24,30)(H,25,31). The van der Waals surface area contributed by atoms with Crippen LogP contribution < -0.4 is 20.5 Å². The number of hydrogen-bond donors (Lipinski definition) is 2. The Kier molecular flexibility index (Phi) is 5.32. The summed E-state index contributed by atoms with van der Waals surface area (Å²) in [6, 6.07) is 3.50. The molecule has 1 aliphatic rings. The summed E-state index contributed by atoms with van der Waals surface area (Å²) in [7, 11) is 1.61. The summed E-state index contributed by atoms with van der Waals surface area (Å²) in [6.45, 7) is 0.347. The van der Waals surface area contributed by atoms with Gasteiger partial charge in [0.05, 0.1) is 30.5 Å². The number of rotatable bonds is 5. The van der Waals surface area contributed by atoms with Gasteiger partial charge in [-0.2, -0.15) is 13.2 Å². The van der Waals surface area contributed by atoms with Gasteiger partial charge in [-0.3, -0.25) is 14.3 Å². The number of aryl methyl sites for hydroxylation is 1. The van der Waals surface area contributed by atoms with Gasteiger partial charge in [0, 0.05) is 19.3 Å². The molecule has 1 aliphatic heterocycles. The van der Waals surface area contributed by atoms with Crippen LogP contribution in [0.3, 0.4) is 0 Å². The van der Waals surface area contributed by atoms with Crippen molar-refractivity contribution in [2.75, 3.05) is 23.3 Å². The van der Waals surface area contributed by atoms with Gasteiger partial charge in [-0.15, -0.1) is 5.10 Å². The van der Waals surface area contributed by atoms with Crippen LogP contribution in [0.4, 0.5) is 29.1 Å². The van der Waals surface area contributed by atoms with Crippen molar-refractivity contribution in [2.24, 2.45) is 7.05 Å². The van der Waals surface area contributed by atoms with E-state index in [1.165, 1.54) is 23.1 Å². The van der Waals surface area contributed by atoms with E-state index in [9.17, 15) is 27.2 Å². The van der Waals surface area contributed by atoms with Crippen LogP contribution in [0.2, 0.25) is 0 Å². The second-order valence-electron chi connectivity index (χ2n) is 7.12. The molecule has 1 fully saturated rings. The maximum atomic E-state index is 13.6. The predicted molar refractivity (Wildman–Crippen MR) is 104 cm³/mol. The minimum absolute atomic E-state index is 0.156. The monoisotopic (exact) mass is 452 g/mol.